The van der Waals surface area contributed by atoms with Crippen molar-refractivity contribution in [1.29, 1.82) is 0 Å². The molecule has 80 valence electrons. The fourth-order valence-electron chi connectivity index (χ4n) is 1.78. The molecule has 3 heteroatoms. The fourth-order valence-corrected chi connectivity index (χ4v) is 1.78. The van der Waals surface area contributed by atoms with Gasteiger partial charge in [0.15, 0.2) is 11.5 Å². The Morgan fingerprint density at radius 1 is 1.33 bits per heavy atom. The lowest BCUT2D eigenvalue weighted by Crippen LogP contribution is -2.00. The van der Waals surface area contributed by atoms with Gasteiger partial charge >= 0.3 is 0 Å². The minimum atomic E-state index is 0.655. The van der Waals surface area contributed by atoms with Crippen molar-refractivity contribution in [2.24, 2.45) is 0 Å². The van der Waals surface area contributed by atoms with Crippen molar-refractivity contribution in [3.8, 4) is 11.5 Å². The van der Waals surface area contributed by atoms with E-state index in [0.717, 1.165) is 36.2 Å². The first kappa shape index (κ1) is 10.0. The Morgan fingerprint density at radius 3 is 2.87 bits per heavy atom. The van der Waals surface area contributed by atoms with Crippen LogP contribution in [0.4, 0.5) is 0 Å². The number of fused-ring (bicyclic) bond motifs is 1. The van der Waals surface area contributed by atoms with Crippen molar-refractivity contribution >= 4 is 6.29 Å². The number of aldehydes is 1. The monoisotopic (exact) mass is 206 g/mol. The molecule has 0 saturated heterocycles. The van der Waals surface area contributed by atoms with Gasteiger partial charge in [-0.1, -0.05) is 6.92 Å². The van der Waals surface area contributed by atoms with Crippen molar-refractivity contribution in [2.75, 3.05) is 13.2 Å². The zero-order valence-electron chi connectivity index (χ0n) is 8.79. The normalized spacial score (nSPS) is 14.5. The van der Waals surface area contributed by atoms with E-state index in [9.17, 15) is 4.79 Å². The highest BCUT2D eigenvalue weighted by Gasteiger charge is 2.16. The summed E-state index contributed by atoms with van der Waals surface area (Å²) in [5.41, 5.74) is 1.64. The van der Waals surface area contributed by atoms with E-state index in [1.54, 1.807) is 6.07 Å². The van der Waals surface area contributed by atoms with Crippen molar-refractivity contribution < 1.29 is 14.3 Å². The molecule has 1 heterocycles. The Kier molecular flexibility index (Phi) is 2.90. The van der Waals surface area contributed by atoms with Crippen molar-refractivity contribution in [1.82, 2.24) is 0 Å². The Hall–Kier alpha value is -1.51. The Labute approximate surface area is 89.0 Å². The highest BCUT2D eigenvalue weighted by Crippen LogP contribution is 2.35. The zero-order chi connectivity index (χ0) is 10.7. The fraction of sp³-hybridized carbons (Fsp3) is 0.417. The van der Waals surface area contributed by atoms with E-state index in [2.05, 4.69) is 0 Å². The Morgan fingerprint density at radius 2 is 2.13 bits per heavy atom. The third-order valence-electron chi connectivity index (χ3n) is 2.53. The number of ether oxygens (including phenoxy) is 2. The molecular weight excluding hydrogens is 192 g/mol. The topological polar surface area (TPSA) is 35.5 Å². The van der Waals surface area contributed by atoms with Crippen LogP contribution >= 0.6 is 0 Å². The van der Waals surface area contributed by atoms with E-state index in [4.69, 9.17) is 9.47 Å². The molecule has 0 saturated carbocycles. The first-order valence-corrected chi connectivity index (χ1v) is 5.23. The van der Waals surface area contributed by atoms with Crippen LogP contribution in [-0.4, -0.2) is 19.5 Å². The van der Waals surface area contributed by atoms with E-state index in [0.29, 0.717) is 18.8 Å². The van der Waals surface area contributed by atoms with Crippen LogP contribution in [-0.2, 0) is 6.42 Å². The molecule has 0 aliphatic carbocycles. The lowest BCUT2D eigenvalue weighted by atomic mass is 10.0. The SMILES string of the molecule is CCc1c(C=O)ccc2c1OCCCO2. The molecule has 0 fully saturated rings. The molecule has 0 bridgehead atoms. The first-order valence-electron chi connectivity index (χ1n) is 5.23. The molecule has 1 aromatic rings. The molecule has 1 aromatic carbocycles. The average molecular weight is 206 g/mol. The highest BCUT2D eigenvalue weighted by molar-refractivity contribution is 5.80. The van der Waals surface area contributed by atoms with Gasteiger partial charge < -0.3 is 9.47 Å². The van der Waals surface area contributed by atoms with Crippen LogP contribution < -0.4 is 9.47 Å². The summed E-state index contributed by atoms with van der Waals surface area (Å²) in [7, 11) is 0. The molecule has 0 amide bonds. The summed E-state index contributed by atoms with van der Waals surface area (Å²) in [6.07, 6.45) is 2.53. The van der Waals surface area contributed by atoms with Crippen LogP contribution in [0.25, 0.3) is 0 Å². The molecule has 0 spiro atoms. The number of benzene rings is 1. The van der Waals surface area contributed by atoms with Gasteiger partial charge in [-0.3, -0.25) is 4.79 Å². The standard InChI is InChI=1S/C12H14O3/c1-2-10-9(8-13)4-5-11-12(10)15-7-3-6-14-11/h4-5,8H,2-3,6-7H2,1H3. The van der Waals surface area contributed by atoms with Gasteiger partial charge in [0.2, 0.25) is 0 Å². The summed E-state index contributed by atoms with van der Waals surface area (Å²) >= 11 is 0. The molecule has 0 radical (unpaired) electrons. The van der Waals surface area contributed by atoms with Crippen LogP contribution in [0.1, 0.15) is 29.3 Å². The second kappa shape index (κ2) is 4.34. The molecule has 1 aliphatic heterocycles. The van der Waals surface area contributed by atoms with Crippen molar-refractivity contribution in [3.05, 3.63) is 23.3 Å². The molecule has 3 nitrogen and oxygen atoms in total. The number of hydrogen-bond donors (Lipinski definition) is 0. The number of carbonyl (C=O) groups excluding carboxylic acids is 1. The van der Waals surface area contributed by atoms with Gasteiger partial charge in [0, 0.05) is 17.5 Å². The molecule has 15 heavy (non-hydrogen) atoms. The maximum absolute atomic E-state index is 10.9. The second-order valence-electron chi connectivity index (χ2n) is 3.48. The zero-order valence-corrected chi connectivity index (χ0v) is 8.79. The van der Waals surface area contributed by atoms with Gasteiger partial charge in [0.25, 0.3) is 0 Å². The van der Waals surface area contributed by atoms with Gasteiger partial charge in [0.1, 0.15) is 6.29 Å². The van der Waals surface area contributed by atoms with E-state index >= 15 is 0 Å². The van der Waals surface area contributed by atoms with E-state index in [-0.39, 0.29) is 0 Å². The average Bonchev–Trinajstić information content (AvgIpc) is 2.52. The number of hydrogen-bond acceptors (Lipinski definition) is 3. The second-order valence-corrected chi connectivity index (χ2v) is 3.48. The van der Waals surface area contributed by atoms with Crippen molar-refractivity contribution in [3.63, 3.8) is 0 Å². The van der Waals surface area contributed by atoms with Crippen molar-refractivity contribution in [2.45, 2.75) is 19.8 Å². The minimum Gasteiger partial charge on any atom is -0.490 e. The molecular formula is C12H14O3. The molecule has 1 aliphatic rings. The van der Waals surface area contributed by atoms with Gasteiger partial charge in [-0.15, -0.1) is 0 Å². The van der Waals surface area contributed by atoms with Crippen LogP contribution in [0.15, 0.2) is 12.1 Å². The predicted molar refractivity (Wildman–Crippen MR) is 56.8 cm³/mol. The number of carbonyl (C=O) groups is 1. The van der Waals surface area contributed by atoms with Gasteiger partial charge in [-0.2, -0.15) is 0 Å². The Bertz CT molecular complexity index is 371. The lowest BCUT2D eigenvalue weighted by molar-refractivity contribution is 0.112. The van der Waals surface area contributed by atoms with Gasteiger partial charge in [-0.05, 0) is 18.6 Å². The summed E-state index contributed by atoms with van der Waals surface area (Å²) in [5.74, 6) is 1.51. The summed E-state index contributed by atoms with van der Waals surface area (Å²) in [5, 5.41) is 0. The number of rotatable bonds is 2. The summed E-state index contributed by atoms with van der Waals surface area (Å²) in [6.45, 7) is 3.34. The quantitative estimate of drug-likeness (QED) is 0.696. The van der Waals surface area contributed by atoms with Crippen LogP contribution in [0.3, 0.4) is 0 Å². The van der Waals surface area contributed by atoms with E-state index in [1.807, 2.05) is 13.0 Å². The minimum absolute atomic E-state index is 0.655. The molecule has 0 unspecified atom stereocenters. The maximum atomic E-state index is 10.9. The molecule has 0 aromatic heterocycles. The summed E-state index contributed by atoms with van der Waals surface area (Å²) in [6, 6.07) is 3.60. The lowest BCUT2D eigenvalue weighted by Gasteiger charge is -2.12. The third-order valence-corrected chi connectivity index (χ3v) is 2.53. The maximum Gasteiger partial charge on any atom is 0.165 e. The largest absolute Gasteiger partial charge is 0.490 e. The first-order chi connectivity index (χ1) is 7.36. The summed E-state index contributed by atoms with van der Waals surface area (Å²) in [4.78, 5) is 10.9. The van der Waals surface area contributed by atoms with Crippen LogP contribution in [0.5, 0.6) is 11.5 Å². The Balaban J connectivity index is 2.51. The smallest absolute Gasteiger partial charge is 0.165 e. The highest BCUT2D eigenvalue weighted by atomic mass is 16.5. The summed E-state index contributed by atoms with van der Waals surface area (Å²) < 4.78 is 11.2. The van der Waals surface area contributed by atoms with Crippen LogP contribution in [0, 0.1) is 0 Å². The van der Waals surface area contributed by atoms with E-state index < -0.39 is 0 Å². The predicted octanol–water partition coefficient (Wildman–Crippen LogP) is 2.22. The molecule has 0 atom stereocenters. The van der Waals surface area contributed by atoms with Gasteiger partial charge in [0.05, 0.1) is 13.2 Å². The molecule has 2 rings (SSSR count). The molecule has 0 N–H and O–H groups in total. The van der Waals surface area contributed by atoms with Crippen LogP contribution in [0.2, 0.25) is 0 Å². The van der Waals surface area contributed by atoms with Gasteiger partial charge in [-0.25, -0.2) is 0 Å². The third kappa shape index (κ3) is 1.82. The van der Waals surface area contributed by atoms with E-state index in [1.165, 1.54) is 0 Å².